The summed E-state index contributed by atoms with van der Waals surface area (Å²) in [6.07, 6.45) is 2.92. The molecule has 1 saturated carbocycles. The average molecular weight is 301 g/mol. The van der Waals surface area contributed by atoms with Gasteiger partial charge in [0.05, 0.1) is 0 Å². The Bertz CT molecular complexity index is 347. The van der Waals surface area contributed by atoms with E-state index in [1.54, 1.807) is 24.3 Å². The molecule has 1 aromatic carbocycles. The summed E-state index contributed by atoms with van der Waals surface area (Å²) in [4.78, 5) is 11.6. The van der Waals surface area contributed by atoms with E-state index in [2.05, 4.69) is 0 Å². The largest absolute Gasteiger partial charge is 0.460 e. The number of halogens is 1. The smallest absolute Gasteiger partial charge is 0.339 e. The Hall–Kier alpha value is -0.870. The van der Waals surface area contributed by atoms with Gasteiger partial charge in [-0.25, -0.2) is 4.79 Å². The molecule has 94 valence electrons. The SMILES string of the molecule is Br.O=C(OC1CCCC1)C(O)c1ccccc1. The summed E-state index contributed by atoms with van der Waals surface area (Å²) < 4.78 is 5.24. The molecule has 1 unspecified atom stereocenters. The molecule has 0 saturated heterocycles. The van der Waals surface area contributed by atoms with Gasteiger partial charge in [-0.2, -0.15) is 0 Å². The molecule has 1 fully saturated rings. The van der Waals surface area contributed by atoms with Gasteiger partial charge in [-0.3, -0.25) is 0 Å². The fourth-order valence-electron chi connectivity index (χ4n) is 2.01. The number of ether oxygens (including phenoxy) is 1. The van der Waals surface area contributed by atoms with Gasteiger partial charge in [-0.15, -0.1) is 17.0 Å². The molecule has 1 aliphatic rings. The lowest BCUT2D eigenvalue weighted by atomic mass is 10.1. The summed E-state index contributed by atoms with van der Waals surface area (Å²) in [6, 6.07) is 8.88. The van der Waals surface area contributed by atoms with Crippen molar-refractivity contribution < 1.29 is 14.6 Å². The summed E-state index contributed by atoms with van der Waals surface area (Å²) in [7, 11) is 0. The zero-order valence-electron chi connectivity index (χ0n) is 9.54. The summed E-state index contributed by atoms with van der Waals surface area (Å²) in [5.41, 5.74) is 0.588. The fourth-order valence-corrected chi connectivity index (χ4v) is 2.01. The highest BCUT2D eigenvalue weighted by Gasteiger charge is 2.24. The predicted octanol–water partition coefficient (Wildman–Crippen LogP) is 2.78. The van der Waals surface area contributed by atoms with Gasteiger partial charge in [0.2, 0.25) is 0 Å². The van der Waals surface area contributed by atoms with E-state index in [-0.39, 0.29) is 23.1 Å². The number of carbonyl (C=O) groups excluding carboxylic acids is 1. The molecular formula is C13H17BrO3. The first-order valence-corrected chi connectivity index (χ1v) is 5.71. The van der Waals surface area contributed by atoms with E-state index in [0.717, 1.165) is 25.7 Å². The Morgan fingerprint density at radius 1 is 1.24 bits per heavy atom. The lowest BCUT2D eigenvalue weighted by molar-refractivity contribution is -0.159. The fraction of sp³-hybridized carbons (Fsp3) is 0.462. The van der Waals surface area contributed by atoms with Gasteiger partial charge in [0.1, 0.15) is 6.10 Å². The van der Waals surface area contributed by atoms with Crippen molar-refractivity contribution in [3.63, 3.8) is 0 Å². The first-order chi connectivity index (χ1) is 7.77. The highest BCUT2D eigenvalue weighted by molar-refractivity contribution is 8.93. The molecule has 1 atom stereocenters. The van der Waals surface area contributed by atoms with Crippen LogP contribution < -0.4 is 0 Å². The Balaban J connectivity index is 0.00000144. The number of esters is 1. The van der Waals surface area contributed by atoms with Crippen LogP contribution in [0.2, 0.25) is 0 Å². The minimum atomic E-state index is -1.15. The lowest BCUT2D eigenvalue weighted by Crippen LogP contribution is -2.21. The molecule has 1 N–H and O–H groups in total. The van der Waals surface area contributed by atoms with Gasteiger partial charge < -0.3 is 9.84 Å². The lowest BCUT2D eigenvalue weighted by Gasteiger charge is -2.15. The number of benzene rings is 1. The Kier molecular flexibility index (Phi) is 5.65. The Morgan fingerprint density at radius 3 is 2.41 bits per heavy atom. The molecule has 0 amide bonds. The molecule has 1 aromatic rings. The Labute approximate surface area is 112 Å². The standard InChI is InChI=1S/C13H16O3.BrH/c14-12(10-6-2-1-3-7-10)13(15)16-11-8-4-5-9-11;/h1-3,6-7,11-12,14H,4-5,8-9H2;1H. The van der Waals surface area contributed by atoms with Gasteiger partial charge in [-0.05, 0) is 31.2 Å². The van der Waals surface area contributed by atoms with E-state index in [4.69, 9.17) is 4.74 Å². The van der Waals surface area contributed by atoms with Crippen LogP contribution in [0.1, 0.15) is 37.4 Å². The molecule has 4 heteroatoms. The molecule has 17 heavy (non-hydrogen) atoms. The highest BCUT2D eigenvalue weighted by Crippen LogP contribution is 2.23. The van der Waals surface area contributed by atoms with Gasteiger partial charge >= 0.3 is 5.97 Å². The second-order valence-electron chi connectivity index (χ2n) is 4.16. The van der Waals surface area contributed by atoms with Gasteiger partial charge in [0, 0.05) is 0 Å². The zero-order chi connectivity index (χ0) is 11.4. The summed E-state index contributed by atoms with van der Waals surface area (Å²) in [5.74, 6) is -0.530. The van der Waals surface area contributed by atoms with Crippen molar-refractivity contribution in [2.45, 2.75) is 37.9 Å². The van der Waals surface area contributed by atoms with E-state index >= 15 is 0 Å². The van der Waals surface area contributed by atoms with Crippen LogP contribution in [-0.2, 0) is 9.53 Å². The van der Waals surface area contributed by atoms with E-state index < -0.39 is 12.1 Å². The summed E-state index contributed by atoms with van der Waals surface area (Å²) in [6.45, 7) is 0. The number of hydrogen-bond acceptors (Lipinski definition) is 3. The third-order valence-electron chi connectivity index (χ3n) is 2.92. The van der Waals surface area contributed by atoms with Crippen LogP contribution in [-0.4, -0.2) is 17.2 Å². The second-order valence-corrected chi connectivity index (χ2v) is 4.16. The van der Waals surface area contributed by atoms with Crippen molar-refractivity contribution in [1.29, 1.82) is 0 Å². The molecule has 0 bridgehead atoms. The van der Waals surface area contributed by atoms with Crippen LogP contribution in [0.15, 0.2) is 30.3 Å². The van der Waals surface area contributed by atoms with E-state index in [0.29, 0.717) is 5.56 Å². The topological polar surface area (TPSA) is 46.5 Å². The predicted molar refractivity (Wildman–Crippen MR) is 70.1 cm³/mol. The molecule has 0 radical (unpaired) electrons. The summed E-state index contributed by atoms with van der Waals surface area (Å²) >= 11 is 0. The quantitative estimate of drug-likeness (QED) is 0.873. The molecule has 1 aliphatic carbocycles. The van der Waals surface area contributed by atoms with Crippen LogP contribution in [0.25, 0.3) is 0 Å². The minimum Gasteiger partial charge on any atom is -0.460 e. The molecule has 2 rings (SSSR count). The number of hydrogen-bond donors (Lipinski definition) is 1. The van der Waals surface area contributed by atoms with Crippen molar-refractivity contribution in [1.82, 2.24) is 0 Å². The van der Waals surface area contributed by atoms with Gasteiger partial charge in [0.25, 0.3) is 0 Å². The minimum absolute atomic E-state index is 0. The van der Waals surface area contributed by atoms with Crippen molar-refractivity contribution in [2.24, 2.45) is 0 Å². The number of aliphatic hydroxyl groups excluding tert-OH is 1. The third-order valence-corrected chi connectivity index (χ3v) is 2.92. The normalized spacial score (nSPS) is 17.2. The highest BCUT2D eigenvalue weighted by atomic mass is 79.9. The van der Waals surface area contributed by atoms with Gasteiger partial charge in [0.15, 0.2) is 6.10 Å². The first-order valence-electron chi connectivity index (χ1n) is 5.71. The number of aliphatic hydroxyl groups is 1. The average Bonchev–Trinajstić information content (AvgIpc) is 2.82. The molecular weight excluding hydrogens is 284 g/mol. The molecule has 0 heterocycles. The molecule has 3 nitrogen and oxygen atoms in total. The van der Waals surface area contributed by atoms with E-state index in [1.165, 1.54) is 0 Å². The second kappa shape index (κ2) is 6.77. The van der Waals surface area contributed by atoms with Gasteiger partial charge in [-0.1, -0.05) is 30.3 Å². The van der Waals surface area contributed by atoms with Crippen molar-refractivity contribution in [3.8, 4) is 0 Å². The molecule has 0 aliphatic heterocycles. The molecule has 0 aromatic heterocycles. The number of carbonyl (C=O) groups is 1. The van der Waals surface area contributed by atoms with E-state index in [1.807, 2.05) is 6.07 Å². The van der Waals surface area contributed by atoms with Crippen LogP contribution in [0, 0.1) is 0 Å². The third kappa shape index (κ3) is 3.82. The van der Waals surface area contributed by atoms with Crippen molar-refractivity contribution in [3.05, 3.63) is 35.9 Å². The van der Waals surface area contributed by atoms with Crippen molar-refractivity contribution in [2.75, 3.05) is 0 Å². The van der Waals surface area contributed by atoms with Crippen LogP contribution >= 0.6 is 17.0 Å². The number of rotatable bonds is 3. The van der Waals surface area contributed by atoms with E-state index in [9.17, 15) is 9.90 Å². The maximum atomic E-state index is 11.6. The summed E-state index contributed by atoms with van der Waals surface area (Å²) in [5, 5.41) is 9.77. The maximum Gasteiger partial charge on any atom is 0.339 e. The monoisotopic (exact) mass is 300 g/mol. The molecule has 0 spiro atoms. The van der Waals surface area contributed by atoms with Crippen LogP contribution in [0.5, 0.6) is 0 Å². The first kappa shape index (κ1) is 14.2. The maximum absolute atomic E-state index is 11.6. The van der Waals surface area contributed by atoms with Crippen molar-refractivity contribution >= 4 is 23.0 Å². The Morgan fingerprint density at radius 2 is 1.82 bits per heavy atom. The van der Waals surface area contributed by atoms with Crippen LogP contribution in [0.3, 0.4) is 0 Å². The van der Waals surface area contributed by atoms with Crippen LogP contribution in [0.4, 0.5) is 0 Å². The zero-order valence-corrected chi connectivity index (χ0v) is 11.3.